The van der Waals surface area contributed by atoms with Crippen molar-refractivity contribution in [1.29, 1.82) is 0 Å². The normalized spacial score (nSPS) is 11.1. The molecule has 0 atom stereocenters. The molecule has 2 aromatic heterocycles. The molecule has 4 aromatic rings. The van der Waals surface area contributed by atoms with Gasteiger partial charge < -0.3 is 14.4 Å². The number of amides is 1. The van der Waals surface area contributed by atoms with Crippen LogP contribution in [0.3, 0.4) is 0 Å². The molecule has 6 heteroatoms. The molecule has 5 nitrogen and oxygen atoms in total. The van der Waals surface area contributed by atoms with Crippen LogP contribution in [0.25, 0.3) is 17.0 Å². The number of aromatic nitrogens is 1. The lowest BCUT2D eigenvalue weighted by atomic mass is 10.1. The highest BCUT2D eigenvalue weighted by Crippen LogP contribution is 2.30. The number of carbonyl (C=O) groups excluding carboxylic acids is 1. The summed E-state index contributed by atoms with van der Waals surface area (Å²) in [6.45, 7) is 3.54. The van der Waals surface area contributed by atoms with Gasteiger partial charge in [-0.25, -0.2) is 4.98 Å². The summed E-state index contributed by atoms with van der Waals surface area (Å²) in [6.07, 6.45) is 3.34. The minimum atomic E-state index is -0.0653. The molecule has 0 radical (unpaired) electrons. The third-order valence-corrected chi connectivity index (χ3v) is 6.11. The fraction of sp³-hybridized carbons (Fsp3) is 0.185. The molecule has 2 aromatic carbocycles. The Kier molecular flexibility index (Phi) is 7.37. The van der Waals surface area contributed by atoms with E-state index in [1.54, 1.807) is 35.5 Å². The van der Waals surface area contributed by atoms with Crippen LogP contribution in [0.1, 0.15) is 23.1 Å². The van der Waals surface area contributed by atoms with E-state index in [9.17, 15) is 4.79 Å². The summed E-state index contributed by atoms with van der Waals surface area (Å²) < 4.78 is 11.4. The van der Waals surface area contributed by atoms with E-state index in [1.807, 2.05) is 79.0 Å². The number of likely N-dealkylation sites (N-methyl/N-ethyl adjacent to an activating group) is 1. The summed E-state index contributed by atoms with van der Waals surface area (Å²) in [5, 5.41) is 3.10. The largest absolute Gasteiger partial charge is 0.493 e. The summed E-state index contributed by atoms with van der Waals surface area (Å²) in [4.78, 5) is 20.4. The zero-order chi connectivity index (χ0) is 23.0. The van der Waals surface area contributed by atoms with Gasteiger partial charge in [-0.2, -0.15) is 0 Å². The Labute approximate surface area is 197 Å². The summed E-state index contributed by atoms with van der Waals surface area (Å²) in [7, 11) is 1.62. The molecule has 168 valence electrons. The minimum Gasteiger partial charge on any atom is -0.493 e. The number of hydrogen-bond acceptors (Lipinski definition) is 5. The Morgan fingerprint density at radius 1 is 1.06 bits per heavy atom. The number of hydrogen-bond donors (Lipinski definition) is 0. The molecular weight excluding hydrogens is 432 g/mol. The van der Waals surface area contributed by atoms with Crippen LogP contribution < -0.4 is 9.47 Å². The molecule has 0 aliphatic rings. The number of ether oxygens (including phenoxy) is 2. The Morgan fingerprint density at radius 3 is 2.73 bits per heavy atom. The van der Waals surface area contributed by atoms with Crippen molar-refractivity contribution in [1.82, 2.24) is 9.88 Å². The molecule has 33 heavy (non-hydrogen) atoms. The summed E-state index contributed by atoms with van der Waals surface area (Å²) >= 11 is 1.66. The monoisotopic (exact) mass is 458 g/mol. The smallest absolute Gasteiger partial charge is 0.246 e. The molecular formula is C27H26N2O3S. The van der Waals surface area contributed by atoms with Crippen molar-refractivity contribution in [2.24, 2.45) is 0 Å². The number of rotatable bonds is 9. The van der Waals surface area contributed by atoms with Crippen molar-refractivity contribution in [3.8, 4) is 11.5 Å². The molecule has 0 aliphatic carbocycles. The SMILES string of the molecule is CCN(Cc1ccc(OCc2cccs2)c(OC)c1)C(=O)/C=C/c1ccc2ccccc2n1. The van der Waals surface area contributed by atoms with Crippen molar-refractivity contribution in [2.75, 3.05) is 13.7 Å². The minimum absolute atomic E-state index is 0.0653. The van der Waals surface area contributed by atoms with E-state index in [-0.39, 0.29) is 5.91 Å². The molecule has 0 saturated carbocycles. The number of methoxy groups -OCH3 is 1. The Hall–Kier alpha value is -3.64. The van der Waals surface area contributed by atoms with Crippen molar-refractivity contribution in [3.05, 3.63) is 94.3 Å². The van der Waals surface area contributed by atoms with Crippen molar-refractivity contribution in [2.45, 2.75) is 20.1 Å². The van der Waals surface area contributed by atoms with E-state index < -0.39 is 0 Å². The fourth-order valence-corrected chi connectivity index (χ4v) is 4.09. The van der Waals surface area contributed by atoms with Gasteiger partial charge in [-0.1, -0.05) is 36.4 Å². The molecule has 0 N–H and O–H groups in total. The number of fused-ring (bicyclic) bond motifs is 1. The van der Waals surface area contributed by atoms with E-state index >= 15 is 0 Å². The molecule has 2 heterocycles. The topological polar surface area (TPSA) is 51.7 Å². The Balaban J connectivity index is 1.42. The van der Waals surface area contributed by atoms with Crippen LogP contribution in [0.4, 0.5) is 0 Å². The third kappa shape index (κ3) is 5.79. The summed E-state index contributed by atoms with van der Waals surface area (Å²) in [5.74, 6) is 1.28. The van der Waals surface area contributed by atoms with E-state index in [2.05, 4.69) is 4.98 Å². The fourth-order valence-electron chi connectivity index (χ4n) is 3.48. The van der Waals surface area contributed by atoms with Gasteiger partial charge in [-0.3, -0.25) is 4.79 Å². The number of nitrogens with zero attached hydrogens (tertiary/aromatic N) is 2. The highest BCUT2D eigenvalue weighted by molar-refractivity contribution is 7.09. The molecule has 0 saturated heterocycles. The Morgan fingerprint density at radius 2 is 1.94 bits per heavy atom. The van der Waals surface area contributed by atoms with Crippen LogP contribution in [-0.4, -0.2) is 29.4 Å². The Bertz CT molecular complexity index is 1250. The van der Waals surface area contributed by atoms with Crippen molar-refractivity contribution in [3.63, 3.8) is 0 Å². The molecule has 0 unspecified atom stereocenters. The molecule has 4 rings (SSSR count). The van der Waals surface area contributed by atoms with Gasteiger partial charge in [0.2, 0.25) is 5.91 Å². The van der Waals surface area contributed by atoms with Crippen LogP contribution in [0.5, 0.6) is 11.5 Å². The van der Waals surface area contributed by atoms with Crippen LogP contribution in [0.15, 0.2) is 78.2 Å². The van der Waals surface area contributed by atoms with Gasteiger partial charge in [0.1, 0.15) is 6.61 Å². The number of carbonyl (C=O) groups is 1. The lowest BCUT2D eigenvalue weighted by molar-refractivity contribution is -0.126. The predicted octanol–water partition coefficient (Wildman–Crippen LogP) is 5.95. The maximum Gasteiger partial charge on any atom is 0.246 e. The number of para-hydroxylation sites is 1. The second kappa shape index (κ2) is 10.8. The molecule has 0 spiro atoms. The highest BCUT2D eigenvalue weighted by atomic mass is 32.1. The van der Waals surface area contributed by atoms with Gasteiger partial charge >= 0.3 is 0 Å². The highest BCUT2D eigenvalue weighted by Gasteiger charge is 2.12. The van der Waals surface area contributed by atoms with E-state index in [1.165, 1.54) is 0 Å². The average Bonchev–Trinajstić information content (AvgIpc) is 3.38. The van der Waals surface area contributed by atoms with Crippen LogP contribution in [0, 0.1) is 0 Å². The summed E-state index contributed by atoms with van der Waals surface area (Å²) in [5.41, 5.74) is 2.64. The van der Waals surface area contributed by atoms with Crippen LogP contribution in [0.2, 0.25) is 0 Å². The zero-order valence-electron chi connectivity index (χ0n) is 18.7. The first kappa shape index (κ1) is 22.6. The third-order valence-electron chi connectivity index (χ3n) is 5.26. The molecule has 0 fully saturated rings. The number of thiophene rings is 1. The predicted molar refractivity (Wildman–Crippen MR) is 134 cm³/mol. The van der Waals surface area contributed by atoms with Crippen LogP contribution in [-0.2, 0) is 17.9 Å². The summed E-state index contributed by atoms with van der Waals surface area (Å²) in [6, 6.07) is 21.7. The van der Waals surface area contributed by atoms with Crippen molar-refractivity contribution < 1.29 is 14.3 Å². The first-order chi connectivity index (χ1) is 16.2. The number of pyridine rings is 1. The quantitative estimate of drug-likeness (QED) is 0.291. The van der Waals surface area contributed by atoms with E-state index in [0.29, 0.717) is 31.2 Å². The van der Waals surface area contributed by atoms with Gasteiger partial charge in [0, 0.05) is 29.4 Å². The van der Waals surface area contributed by atoms with E-state index in [0.717, 1.165) is 27.0 Å². The molecule has 0 bridgehead atoms. The van der Waals surface area contributed by atoms with Crippen LogP contribution >= 0.6 is 11.3 Å². The number of benzene rings is 2. The zero-order valence-corrected chi connectivity index (χ0v) is 19.5. The van der Waals surface area contributed by atoms with Gasteiger partial charge in [-0.15, -0.1) is 11.3 Å². The molecule has 1 amide bonds. The van der Waals surface area contributed by atoms with Gasteiger partial charge in [-0.05, 0) is 54.3 Å². The first-order valence-electron chi connectivity index (χ1n) is 10.8. The second-order valence-electron chi connectivity index (χ2n) is 7.47. The molecule has 0 aliphatic heterocycles. The van der Waals surface area contributed by atoms with Gasteiger partial charge in [0.05, 0.1) is 18.3 Å². The van der Waals surface area contributed by atoms with E-state index in [4.69, 9.17) is 9.47 Å². The first-order valence-corrected chi connectivity index (χ1v) is 11.7. The second-order valence-corrected chi connectivity index (χ2v) is 8.50. The van der Waals surface area contributed by atoms with Gasteiger partial charge in [0.25, 0.3) is 0 Å². The lowest BCUT2D eigenvalue weighted by Gasteiger charge is -2.20. The lowest BCUT2D eigenvalue weighted by Crippen LogP contribution is -2.28. The maximum absolute atomic E-state index is 12.8. The van der Waals surface area contributed by atoms with Gasteiger partial charge in [0.15, 0.2) is 11.5 Å². The average molecular weight is 459 g/mol. The standard InChI is InChI=1S/C27H26N2O3S/c1-3-29(27(30)15-13-22-12-11-21-7-4-5-9-24(21)28-22)18-20-10-14-25(26(17-20)31-2)32-19-23-8-6-16-33-23/h4-17H,3,18-19H2,1-2H3/b15-13+. The van der Waals surface area contributed by atoms with Crippen molar-refractivity contribution >= 4 is 34.2 Å². The maximum atomic E-state index is 12.8.